The number of hydrogen-bond acceptors (Lipinski definition) is 3. The number of anilines is 1. The second-order valence-electron chi connectivity index (χ2n) is 6.29. The lowest BCUT2D eigenvalue weighted by Crippen LogP contribution is -2.45. The fourth-order valence-electron chi connectivity index (χ4n) is 2.69. The largest absolute Gasteiger partial charge is 0.324 e. The maximum absolute atomic E-state index is 13.1. The van der Waals surface area contributed by atoms with Crippen molar-refractivity contribution in [3.8, 4) is 0 Å². The first-order chi connectivity index (χ1) is 13.8. The van der Waals surface area contributed by atoms with Crippen molar-refractivity contribution in [1.82, 2.24) is 4.72 Å². The van der Waals surface area contributed by atoms with Crippen LogP contribution in [-0.4, -0.2) is 20.4 Å². The minimum atomic E-state index is -4.03. The molecule has 8 heteroatoms. The Morgan fingerprint density at radius 2 is 1.55 bits per heavy atom. The van der Waals surface area contributed by atoms with E-state index in [1.54, 1.807) is 24.3 Å². The van der Waals surface area contributed by atoms with Crippen LogP contribution in [0.1, 0.15) is 5.56 Å². The molecule has 0 bridgehead atoms. The van der Waals surface area contributed by atoms with Gasteiger partial charge in [0.2, 0.25) is 15.9 Å². The fraction of sp³-hybridized carbons (Fsp3) is 0.0952. The summed E-state index contributed by atoms with van der Waals surface area (Å²) in [5.41, 5.74) is 1.32. The van der Waals surface area contributed by atoms with Crippen molar-refractivity contribution in [1.29, 1.82) is 0 Å². The Bertz CT molecular complexity index is 1090. The Hall–Kier alpha value is -2.55. The molecule has 1 amide bonds. The molecule has 3 aromatic rings. The van der Waals surface area contributed by atoms with Gasteiger partial charge < -0.3 is 5.32 Å². The fourth-order valence-corrected chi connectivity index (χ4v) is 4.27. The van der Waals surface area contributed by atoms with E-state index in [2.05, 4.69) is 26.0 Å². The summed E-state index contributed by atoms with van der Waals surface area (Å²) in [4.78, 5) is 12.8. The van der Waals surface area contributed by atoms with Crippen molar-refractivity contribution >= 4 is 37.5 Å². The van der Waals surface area contributed by atoms with Gasteiger partial charge in [0.25, 0.3) is 0 Å². The van der Waals surface area contributed by atoms with Gasteiger partial charge in [-0.3, -0.25) is 4.79 Å². The molecular weight excluding hydrogens is 459 g/mol. The average Bonchev–Trinajstić information content (AvgIpc) is 2.70. The first kappa shape index (κ1) is 21.2. The summed E-state index contributed by atoms with van der Waals surface area (Å²) >= 11 is 3.36. The lowest BCUT2D eigenvalue weighted by Gasteiger charge is -2.19. The Morgan fingerprint density at radius 3 is 2.21 bits per heavy atom. The van der Waals surface area contributed by atoms with E-state index < -0.39 is 27.8 Å². The lowest BCUT2D eigenvalue weighted by molar-refractivity contribution is -0.117. The molecule has 0 saturated carbocycles. The third kappa shape index (κ3) is 5.72. The van der Waals surface area contributed by atoms with Crippen LogP contribution in [0.25, 0.3) is 0 Å². The van der Waals surface area contributed by atoms with Gasteiger partial charge in [-0.05, 0) is 64.3 Å². The molecule has 3 rings (SSSR count). The molecule has 0 spiro atoms. The molecule has 0 aromatic heterocycles. The zero-order valence-corrected chi connectivity index (χ0v) is 17.6. The van der Waals surface area contributed by atoms with E-state index in [0.29, 0.717) is 10.2 Å². The van der Waals surface area contributed by atoms with Crippen molar-refractivity contribution in [3.63, 3.8) is 0 Å². The molecule has 1 atom stereocenters. The minimum Gasteiger partial charge on any atom is -0.324 e. The number of sulfonamides is 1. The van der Waals surface area contributed by atoms with Crippen molar-refractivity contribution in [2.45, 2.75) is 17.4 Å². The van der Waals surface area contributed by atoms with Crippen LogP contribution in [-0.2, 0) is 21.2 Å². The predicted octanol–water partition coefficient (Wildman–Crippen LogP) is 4.12. The van der Waals surface area contributed by atoms with E-state index >= 15 is 0 Å². The van der Waals surface area contributed by atoms with E-state index in [1.807, 2.05) is 30.3 Å². The Balaban J connectivity index is 1.87. The van der Waals surface area contributed by atoms with Gasteiger partial charge >= 0.3 is 0 Å². The first-order valence-electron chi connectivity index (χ1n) is 8.72. The van der Waals surface area contributed by atoms with Crippen LogP contribution in [0.4, 0.5) is 10.1 Å². The van der Waals surface area contributed by atoms with Gasteiger partial charge in [-0.25, -0.2) is 12.8 Å². The molecule has 0 heterocycles. The van der Waals surface area contributed by atoms with Crippen molar-refractivity contribution in [2.75, 3.05) is 5.32 Å². The second kappa shape index (κ2) is 9.30. The zero-order chi connectivity index (χ0) is 20.9. The van der Waals surface area contributed by atoms with Crippen LogP contribution in [0.5, 0.6) is 0 Å². The number of rotatable bonds is 7. The summed E-state index contributed by atoms with van der Waals surface area (Å²) in [6.45, 7) is 0. The first-order valence-corrected chi connectivity index (χ1v) is 11.0. The molecule has 29 heavy (non-hydrogen) atoms. The van der Waals surface area contributed by atoms with E-state index in [0.717, 1.165) is 29.8 Å². The highest BCUT2D eigenvalue weighted by atomic mass is 79.9. The second-order valence-corrected chi connectivity index (χ2v) is 8.85. The summed E-state index contributed by atoms with van der Waals surface area (Å²) in [7, 11) is -4.03. The number of para-hydroxylation sites is 1. The number of carbonyl (C=O) groups is 1. The van der Waals surface area contributed by atoms with Gasteiger partial charge in [0, 0.05) is 4.47 Å². The van der Waals surface area contributed by atoms with Gasteiger partial charge in [0.1, 0.15) is 11.9 Å². The van der Waals surface area contributed by atoms with Crippen LogP contribution >= 0.6 is 15.9 Å². The monoisotopic (exact) mass is 476 g/mol. The number of amides is 1. The van der Waals surface area contributed by atoms with Crippen LogP contribution in [0, 0.1) is 5.82 Å². The number of benzene rings is 3. The molecule has 150 valence electrons. The van der Waals surface area contributed by atoms with E-state index in [4.69, 9.17) is 0 Å². The molecule has 5 nitrogen and oxygen atoms in total. The molecule has 0 saturated heterocycles. The van der Waals surface area contributed by atoms with Gasteiger partial charge in [-0.2, -0.15) is 4.72 Å². The highest BCUT2D eigenvalue weighted by Gasteiger charge is 2.26. The smallest absolute Gasteiger partial charge is 0.242 e. The molecule has 0 unspecified atom stereocenters. The number of halogens is 2. The predicted molar refractivity (Wildman–Crippen MR) is 113 cm³/mol. The van der Waals surface area contributed by atoms with Crippen LogP contribution in [0.3, 0.4) is 0 Å². The molecule has 0 radical (unpaired) electrons. The number of nitrogens with one attached hydrogen (secondary N) is 2. The van der Waals surface area contributed by atoms with E-state index in [1.165, 1.54) is 0 Å². The number of hydrogen-bond donors (Lipinski definition) is 2. The van der Waals surface area contributed by atoms with Crippen LogP contribution in [0.2, 0.25) is 0 Å². The average molecular weight is 477 g/mol. The Labute approximate surface area is 177 Å². The Morgan fingerprint density at radius 1 is 0.931 bits per heavy atom. The van der Waals surface area contributed by atoms with Crippen LogP contribution in [0.15, 0.2) is 88.2 Å². The molecule has 0 aliphatic heterocycles. The summed E-state index contributed by atoms with van der Waals surface area (Å²) in [5, 5.41) is 2.74. The van der Waals surface area contributed by atoms with Gasteiger partial charge in [0.05, 0.1) is 10.6 Å². The molecule has 3 aromatic carbocycles. The third-order valence-corrected chi connectivity index (χ3v) is 6.33. The van der Waals surface area contributed by atoms with Crippen molar-refractivity contribution in [3.05, 3.63) is 94.7 Å². The summed E-state index contributed by atoms with van der Waals surface area (Å²) in [5.74, 6) is -1.05. The van der Waals surface area contributed by atoms with Gasteiger partial charge in [0.15, 0.2) is 0 Å². The van der Waals surface area contributed by atoms with E-state index in [9.17, 15) is 17.6 Å². The molecular formula is C21H18BrFN2O3S. The van der Waals surface area contributed by atoms with E-state index in [-0.39, 0.29) is 11.3 Å². The van der Waals surface area contributed by atoms with Crippen molar-refractivity contribution < 1.29 is 17.6 Å². The summed E-state index contributed by atoms with van der Waals surface area (Å²) < 4.78 is 41.8. The normalized spacial score (nSPS) is 12.3. The molecule has 2 N–H and O–H groups in total. The standard InChI is InChI=1S/C21H18BrFN2O3S/c22-18-8-4-5-9-19(18)24-21(26)20(14-15-6-2-1-3-7-15)25-29(27,28)17-12-10-16(23)11-13-17/h1-13,20,25H,14H2,(H,24,26)/t20-/m0/s1. The molecule has 0 aliphatic rings. The maximum Gasteiger partial charge on any atom is 0.242 e. The SMILES string of the molecule is O=C(Nc1ccccc1Br)[C@H](Cc1ccccc1)NS(=O)(=O)c1ccc(F)cc1. The number of carbonyl (C=O) groups excluding carboxylic acids is 1. The lowest BCUT2D eigenvalue weighted by atomic mass is 10.1. The highest BCUT2D eigenvalue weighted by molar-refractivity contribution is 9.10. The quantitative estimate of drug-likeness (QED) is 0.538. The van der Waals surface area contributed by atoms with Crippen molar-refractivity contribution in [2.24, 2.45) is 0 Å². The topological polar surface area (TPSA) is 75.3 Å². The summed E-state index contributed by atoms with van der Waals surface area (Å²) in [6, 6.07) is 19.5. The summed E-state index contributed by atoms with van der Waals surface area (Å²) in [6.07, 6.45) is 0.150. The molecule has 0 aliphatic carbocycles. The van der Waals surface area contributed by atoms with Crippen LogP contribution < -0.4 is 10.0 Å². The molecule has 0 fully saturated rings. The maximum atomic E-state index is 13.1. The third-order valence-electron chi connectivity index (χ3n) is 4.15. The zero-order valence-electron chi connectivity index (χ0n) is 15.2. The Kier molecular flexibility index (Phi) is 6.79. The minimum absolute atomic E-state index is 0.120. The van der Waals surface area contributed by atoms with Gasteiger partial charge in [-0.15, -0.1) is 0 Å². The highest BCUT2D eigenvalue weighted by Crippen LogP contribution is 2.22. The van der Waals surface area contributed by atoms with Gasteiger partial charge in [-0.1, -0.05) is 42.5 Å².